The van der Waals surface area contributed by atoms with Crippen molar-refractivity contribution in [3.8, 4) is 6.07 Å². The quantitative estimate of drug-likeness (QED) is 0.945. The number of rotatable bonds is 3. The lowest BCUT2D eigenvalue weighted by Crippen LogP contribution is -2.01. The third kappa shape index (κ3) is 2.45. The molecule has 2 rings (SSSR count). The minimum absolute atomic E-state index is 0.155. The smallest absolute Gasteiger partial charge is 0.161 e. The zero-order chi connectivity index (χ0) is 12.3. The average Bonchev–Trinajstić information content (AvgIpc) is 2.84. The van der Waals surface area contributed by atoms with Crippen LogP contribution >= 0.6 is 15.9 Å². The van der Waals surface area contributed by atoms with Gasteiger partial charge in [0.15, 0.2) is 11.6 Å². The molecule has 0 bridgehead atoms. The van der Waals surface area contributed by atoms with Crippen molar-refractivity contribution in [3.63, 3.8) is 0 Å². The molecule has 0 aliphatic heterocycles. The summed E-state index contributed by atoms with van der Waals surface area (Å²) in [5.74, 6) is 0.105. The molecule has 0 saturated heterocycles. The minimum atomic E-state index is -0.497. The monoisotopic (exact) mass is 295 g/mol. The van der Waals surface area contributed by atoms with Crippen molar-refractivity contribution in [1.29, 1.82) is 5.26 Å². The molecule has 0 atom stereocenters. The summed E-state index contributed by atoms with van der Waals surface area (Å²) < 4.78 is 18.8. The number of hydrogen-bond acceptors (Lipinski definition) is 4. The first kappa shape index (κ1) is 11.6. The molecule has 0 spiro atoms. The highest BCUT2D eigenvalue weighted by molar-refractivity contribution is 9.10. The van der Waals surface area contributed by atoms with E-state index in [1.807, 2.05) is 6.07 Å². The van der Waals surface area contributed by atoms with Gasteiger partial charge in [-0.2, -0.15) is 5.26 Å². The van der Waals surface area contributed by atoms with Crippen molar-refractivity contribution < 1.29 is 8.91 Å². The van der Waals surface area contributed by atoms with Gasteiger partial charge in [-0.3, -0.25) is 0 Å². The lowest BCUT2D eigenvalue weighted by molar-refractivity contribution is 0.388. The molecule has 0 saturated carbocycles. The van der Waals surface area contributed by atoms with Crippen molar-refractivity contribution in [1.82, 2.24) is 5.16 Å². The fourth-order valence-corrected chi connectivity index (χ4v) is 1.72. The number of nitrogens with one attached hydrogen (secondary N) is 1. The lowest BCUT2D eigenvalue weighted by atomic mass is 10.2. The molecule has 0 unspecified atom stereocenters. The van der Waals surface area contributed by atoms with Crippen LogP contribution in [0.1, 0.15) is 11.3 Å². The van der Waals surface area contributed by atoms with Gasteiger partial charge in [0.2, 0.25) is 0 Å². The van der Waals surface area contributed by atoms with Crippen LogP contribution in [0.25, 0.3) is 0 Å². The van der Waals surface area contributed by atoms with Gasteiger partial charge in [-0.15, -0.1) is 0 Å². The third-order valence-electron chi connectivity index (χ3n) is 2.15. The van der Waals surface area contributed by atoms with Gasteiger partial charge in [-0.05, 0) is 28.1 Å². The van der Waals surface area contributed by atoms with Crippen LogP contribution in [0.3, 0.4) is 0 Å². The van der Waals surface area contributed by atoms with Gasteiger partial charge in [0.25, 0.3) is 0 Å². The summed E-state index contributed by atoms with van der Waals surface area (Å²) >= 11 is 3.04. The zero-order valence-corrected chi connectivity index (χ0v) is 10.2. The zero-order valence-electron chi connectivity index (χ0n) is 8.58. The predicted molar refractivity (Wildman–Crippen MR) is 62.6 cm³/mol. The minimum Gasteiger partial charge on any atom is -0.375 e. The van der Waals surface area contributed by atoms with E-state index in [0.29, 0.717) is 18.0 Å². The number of anilines is 1. The van der Waals surface area contributed by atoms with Crippen molar-refractivity contribution in [2.75, 3.05) is 5.32 Å². The number of benzene rings is 1. The summed E-state index contributed by atoms with van der Waals surface area (Å²) in [7, 11) is 0. The van der Waals surface area contributed by atoms with Crippen molar-refractivity contribution in [2.24, 2.45) is 0 Å². The molecule has 0 amide bonds. The second kappa shape index (κ2) is 4.97. The Labute approximate surface area is 105 Å². The summed E-state index contributed by atoms with van der Waals surface area (Å²) in [6, 6.07) is 6.62. The maximum Gasteiger partial charge on any atom is 0.161 e. The second-order valence-electron chi connectivity index (χ2n) is 3.23. The van der Waals surface area contributed by atoms with Gasteiger partial charge in [0.1, 0.15) is 6.07 Å². The Morgan fingerprint density at radius 1 is 1.47 bits per heavy atom. The Hall–Kier alpha value is -1.87. The fraction of sp³-hybridized carbons (Fsp3) is 0.0909. The topological polar surface area (TPSA) is 61.9 Å². The Balaban J connectivity index is 2.17. The fourth-order valence-electron chi connectivity index (χ4n) is 1.29. The Morgan fingerprint density at radius 3 is 2.94 bits per heavy atom. The van der Waals surface area contributed by atoms with E-state index < -0.39 is 5.82 Å². The normalized spacial score (nSPS) is 9.94. The average molecular weight is 296 g/mol. The van der Waals surface area contributed by atoms with Crippen LogP contribution in [-0.4, -0.2) is 5.16 Å². The summed E-state index contributed by atoms with van der Waals surface area (Å²) in [5.41, 5.74) is 0.556. The van der Waals surface area contributed by atoms with E-state index in [1.165, 1.54) is 18.3 Å². The maximum atomic E-state index is 13.8. The molecule has 17 heavy (non-hydrogen) atoms. The SMILES string of the molecule is N#Cc1ccc(NCc2ccno2)c(F)c1Br. The molecule has 0 fully saturated rings. The van der Waals surface area contributed by atoms with Crippen LogP contribution in [-0.2, 0) is 6.54 Å². The molecule has 1 N–H and O–H groups in total. The number of hydrogen-bond donors (Lipinski definition) is 1. The van der Waals surface area contributed by atoms with Gasteiger partial charge < -0.3 is 9.84 Å². The molecule has 1 aromatic carbocycles. The highest BCUT2D eigenvalue weighted by Gasteiger charge is 2.11. The molecule has 0 aliphatic carbocycles. The van der Waals surface area contributed by atoms with Gasteiger partial charge >= 0.3 is 0 Å². The third-order valence-corrected chi connectivity index (χ3v) is 2.92. The molecular formula is C11H7BrFN3O. The second-order valence-corrected chi connectivity index (χ2v) is 4.03. The molecule has 0 aliphatic rings. The summed E-state index contributed by atoms with van der Waals surface area (Å²) in [6.45, 7) is 0.329. The van der Waals surface area contributed by atoms with Crippen LogP contribution in [0.5, 0.6) is 0 Å². The maximum absolute atomic E-state index is 13.8. The van der Waals surface area contributed by atoms with Gasteiger partial charge in [0.05, 0.1) is 28.5 Å². The van der Waals surface area contributed by atoms with E-state index in [9.17, 15) is 4.39 Å². The Bertz CT molecular complexity index is 563. The van der Waals surface area contributed by atoms with E-state index in [2.05, 4.69) is 26.4 Å². The van der Waals surface area contributed by atoms with Crippen LogP contribution in [0, 0.1) is 17.1 Å². The van der Waals surface area contributed by atoms with Gasteiger partial charge in [-0.1, -0.05) is 5.16 Å². The number of halogens is 2. The molecule has 0 radical (unpaired) electrons. The summed E-state index contributed by atoms with van der Waals surface area (Å²) in [4.78, 5) is 0. The first-order valence-electron chi connectivity index (χ1n) is 4.74. The van der Waals surface area contributed by atoms with E-state index in [1.54, 1.807) is 6.07 Å². The molecule has 86 valence electrons. The molecule has 1 heterocycles. The number of nitriles is 1. The van der Waals surface area contributed by atoms with Crippen molar-refractivity contribution in [3.05, 3.63) is 46.0 Å². The van der Waals surface area contributed by atoms with E-state index in [-0.39, 0.29) is 10.0 Å². The van der Waals surface area contributed by atoms with E-state index >= 15 is 0 Å². The molecule has 4 nitrogen and oxygen atoms in total. The molecule has 1 aromatic heterocycles. The van der Waals surface area contributed by atoms with Crippen LogP contribution in [0.2, 0.25) is 0 Å². The van der Waals surface area contributed by atoms with Crippen molar-refractivity contribution in [2.45, 2.75) is 6.54 Å². The number of nitrogens with zero attached hydrogens (tertiary/aromatic N) is 2. The van der Waals surface area contributed by atoms with Crippen LogP contribution < -0.4 is 5.32 Å². The standard InChI is InChI=1S/C11H7BrFN3O/c12-10-7(5-14)1-2-9(11(10)13)15-6-8-3-4-16-17-8/h1-4,15H,6H2. The van der Waals surface area contributed by atoms with Crippen LogP contribution in [0.15, 0.2) is 33.4 Å². The molecule has 2 aromatic rings. The van der Waals surface area contributed by atoms with E-state index in [4.69, 9.17) is 9.78 Å². The van der Waals surface area contributed by atoms with Crippen molar-refractivity contribution >= 4 is 21.6 Å². The van der Waals surface area contributed by atoms with E-state index in [0.717, 1.165) is 0 Å². The highest BCUT2D eigenvalue weighted by Crippen LogP contribution is 2.26. The predicted octanol–water partition coefficient (Wildman–Crippen LogP) is 3.06. The number of aromatic nitrogens is 1. The lowest BCUT2D eigenvalue weighted by Gasteiger charge is -2.07. The van der Waals surface area contributed by atoms with Gasteiger partial charge in [-0.25, -0.2) is 4.39 Å². The summed E-state index contributed by atoms with van der Waals surface area (Å²) in [6.07, 6.45) is 1.52. The molecule has 6 heteroatoms. The summed E-state index contributed by atoms with van der Waals surface area (Å²) in [5, 5.41) is 15.1. The van der Waals surface area contributed by atoms with Gasteiger partial charge in [0, 0.05) is 6.07 Å². The Morgan fingerprint density at radius 2 is 2.29 bits per heavy atom. The molecular weight excluding hydrogens is 289 g/mol. The first-order valence-corrected chi connectivity index (χ1v) is 5.53. The Kier molecular flexibility index (Phi) is 3.40. The van der Waals surface area contributed by atoms with Crippen LogP contribution in [0.4, 0.5) is 10.1 Å². The largest absolute Gasteiger partial charge is 0.375 e. The highest BCUT2D eigenvalue weighted by atomic mass is 79.9. The first-order chi connectivity index (χ1) is 8.22.